The van der Waals surface area contributed by atoms with Crippen LogP contribution >= 0.6 is 0 Å². The fourth-order valence-corrected chi connectivity index (χ4v) is 6.80. The van der Waals surface area contributed by atoms with Crippen LogP contribution in [-0.4, -0.2) is 37.2 Å². The van der Waals surface area contributed by atoms with Crippen LogP contribution in [0.25, 0.3) is 0 Å². The highest BCUT2D eigenvalue weighted by molar-refractivity contribution is 5.71. The lowest BCUT2D eigenvalue weighted by atomic mass is 10.0. The van der Waals surface area contributed by atoms with Crippen molar-refractivity contribution < 1.29 is 28.6 Å². The first-order valence-corrected chi connectivity index (χ1v) is 26.5. The van der Waals surface area contributed by atoms with E-state index in [0.717, 1.165) is 109 Å². The highest BCUT2D eigenvalue weighted by Crippen LogP contribution is 2.14. The van der Waals surface area contributed by atoms with Crippen LogP contribution in [0, 0.1) is 0 Å². The number of unbranched alkanes of at least 4 members (excludes halogenated alkanes) is 15. The maximum absolute atomic E-state index is 12.8. The zero-order chi connectivity index (χ0) is 47.9. The Morgan fingerprint density at radius 2 is 0.606 bits per heavy atom. The number of allylic oxidation sites excluding steroid dienone is 20. The lowest BCUT2D eigenvalue weighted by Gasteiger charge is -2.18. The second-order valence-corrected chi connectivity index (χ2v) is 17.0. The first-order valence-electron chi connectivity index (χ1n) is 26.5. The molecule has 1 atom stereocenters. The Balaban J connectivity index is 4.55. The molecule has 0 saturated carbocycles. The molecule has 372 valence electrons. The molecule has 0 rings (SSSR count). The summed E-state index contributed by atoms with van der Waals surface area (Å²) < 4.78 is 16.7. The molecule has 0 radical (unpaired) electrons. The summed E-state index contributed by atoms with van der Waals surface area (Å²) in [6, 6.07) is 0. The number of carbonyl (C=O) groups is 3. The smallest absolute Gasteiger partial charge is 0.306 e. The van der Waals surface area contributed by atoms with E-state index in [0.29, 0.717) is 19.3 Å². The summed E-state index contributed by atoms with van der Waals surface area (Å²) in [6.07, 6.45) is 73.3. The van der Waals surface area contributed by atoms with Gasteiger partial charge in [0.2, 0.25) is 0 Å². The summed E-state index contributed by atoms with van der Waals surface area (Å²) in [6.45, 7) is 6.32. The molecule has 0 aromatic heterocycles. The molecule has 0 unspecified atom stereocenters. The minimum absolute atomic E-state index is 0.111. The molecule has 66 heavy (non-hydrogen) atoms. The normalized spacial score (nSPS) is 13.1. The Hall–Kier alpha value is -4.19. The summed E-state index contributed by atoms with van der Waals surface area (Å²) in [5.74, 6) is -1.01. The van der Waals surface area contributed by atoms with Crippen molar-refractivity contribution in [1.82, 2.24) is 0 Å². The van der Waals surface area contributed by atoms with E-state index in [4.69, 9.17) is 14.2 Å². The number of rotatable bonds is 46. The third-order valence-electron chi connectivity index (χ3n) is 10.7. The second kappa shape index (κ2) is 53.4. The van der Waals surface area contributed by atoms with Crippen molar-refractivity contribution in [3.63, 3.8) is 0 Å². The van der Waals surface area contributed by atoms with Gasteiger partial charge in [-0.05, 0) is 103 Å². The van der Waals surface area contributed by atoms with Gasteiger partial charge in [-0.3, -0.25) is 14.4 Å². The summed E-state index contributed by atoms with van der Waals surface area (Å²) in [5.41, 5.74) is 0. The predicted octanol–water partition coefficient (Wildman–Crippen LogP) is 17.7. The molecule has 0 N–H and O–H groups in total. The van der Waals surface area contributed by atoms with Crippen molar-refractivity contribution in [2.75, 3.05) is 13.2 Å². The van der Waals surface area contributed by atoms with Crippen LogP contribution in [-0.2, 0) is 28.6 Å². The van der Waals surface area contributed by atoms with E-state index >= 15 is 0 Å². The molecule has 0 spiro atoms. The highest BCUT2D eigenvalue weighted by Gasteiger charge is 2.19. The van der Waals surface area contributed by atoms with Crippen LogP contribution in [0.1, 0.15) is 220 Å². The van der Waals surface area contributed by atoms with Gasteiger partial charge in [0.05, 0.1) is 0 Å². The highest BCUT2D eigenvalue weighted by atomic mass is 16.6. The predicted molar refractivity (Wildman–Crippen MR) is 283 cm³/mol. The maximum Gasteiger partial charge on any atom is 0.306 e. The molecule has 0 aliphatic heterocycles. The summed E-state index contributed by atoms with van der Waals surface area (Å²) in [7, 11) is 0. The maximum atomic E-state index is 12.8. The third kappa shape index (κ3) is 50.8. The van der Waals surface area contributed by atoms with Crippen LogP contribution in [0.3, 0.4) is 0 Å². The minimum Gasteiger partial charge on any atom is -0.462 e. The van der Waals surface area contributed by atoms with E-state index in [1.165, 1.54) is 57.8 Å². The van der Waals surface area contributed by atoms with E-state index in [1.54, 1.807) is 0 Å². The van der Waals surface area contributed by atoms with Gasteiger partial charge in [-0.2, -0.15) is 0 Å². The van der Waals surface area contributed by atoms with Gasteiger partial charge in [0.1, 0.15) is 13.2 Å². The molecule has 0 aromatic rings. The summed E-state index contributed by atoms with van der Waals surface area (Å²) in [4.78, 5) is 38.0. The average molecular weight is 913 g/mol. The Kier molecular flexibility index (Phi) is 50.0. The topological polar surface area (TPSA) is 78.9 Å². The van der Waals surface area contributed by atoms with Crippen LogP contribution in [0.5, 0.6) is 0 Å². The number of esters is 3. The number of ether oxygens (including phenoxy) is 3. The van der Waals surface area contributed by atoms with E-state index < -0.39 is 6.10 Å². The number of carbonyl (C=O) groups excluding carboxylic acids is 3. The van der Waals surface area contributed by atoms with Crippen molar-refractivity contribution >= 4 is 17.9 Å². The average Bonchev–Trinajstić information content (AvgIpc) is 3.31. The molecule has 0 fully saturated rings. The Morgan fingerprint density at radius 3 is 0.985 bits per heavy atom. The van der Waals surface area contributed by atoms with E-state index in [-0.39, 0.29) is 44.0 Å². The van der Waals surface area contributed by atoms with Crippen LogP contribution in [0.2, 0.25) is 0 Å². The number of hydrogen-bond donors (Lipinski definition) is 0. The molecule has 0 heterocycles. The fourth-order valence-electron chi connectivity index (χ4n) is 6.80. The molecule has 0 amide bonds. The zero-order valence-corrected chi connectivity index (χ0v) is 42.4. The summed E-state index contributed by atoms with van der Waals surface area (Å²) in [5, 5.41) is 0. The summed E-state index contributed by atoms with van der Waals surface area (Å²) >= 11 is 0. The standard InChI is InChI=1S/C60H96O6/c1-4-7-10-13-16-19-22-25-27-29-30-32-34-36-39-42-45-48-51-54-60(63)66-57(55-64-58(61)52-49-46-43-40-37-24-21-18-15-12-9-6-3)56-65-59(62)53-50-47-44-41-38-35-33-31-28-26-23-20-17-14-11-8-5-2/h7-8,10-11,16-17,19-20,25-28,30,32-33,35-36,39,41,44,57H,4-6,9,12-15,18,21-24,29,31,34,37-38,40,42-43,45-56H2,1-3H3/b10-7-,11-8-,19-16-,20-17-,27-25-,28-26-,32-30-,35-33-,39-36-,44-41-/t57-/m0/s1. The van der Waals surface area contributed by atoms with Gasteiger partial charge in [0.15, 0.2) is 6.10 Å². The SMILES string of the molecule is CC/C=C\C/C=C\C/C=C\C/C=C\C/C=C\CCCCCC(=O)O[C@H](COC(=O)CCC/C=C\C/C=C\C/C=C\C/C=C\C/C=C\CC)COC(=O)CCCCCCCCCCCCCC. The Bertz CT molecular complexity index is 1420. The van der Waals surface area contributed by atoms with Crippen molar-refractivity contribution in [1.29, 1.82) is 0 Å². The Labute approximate surface area is 405 Å². The zero-order valence-electron chi connectivity index (χ0n) is 42.4. The van der Waals surface area contributed by atoms with Crippen molar-refractivity contribution in [3.05, 3.63) is 122 Å². The van der Waals surface area contributed by atoms with Crippen LogP contribution in [0.4, 0.5) is 0 Å². The van der Waals surface area contributed by atoms with E-state index in [9.17, 15) is 14.4 Å². The molecule has 0 bridgehead atoms. The van der Waals surface area contributed by atoms with Gasteiger partial charge in [0.25, 0.3) is 0 Å². The molecule has 6 heteroatoms. The fraction of sp³-hybridized carbons (Fsp3) is 0.617. The van der Waals surface area contributed by atoms with Gasteiger partial charge in [-0.15, -0.1) is 0 Å². The molecular weight excluding hydrogens is 817 g/mol. The first kappa shape index (κ1) is 61.8. The lowest BCUT2D eigenvalue weighted by Crippen LogP contribution is -2.30. The molecule has 0 saturated heterocycles. The van der Waals surface area contributed by atoms with Crippen molar-refractivity contribution in [2.24, 2.45) is 0 Å². The molecular formula is C60H96O6. The molecule has 6 nitrogen and oxygen atoms in total. The largest absolute Gasteiger partial charge is 0.462 e. The monoisotopic (exact) mass is 913 g/mol. The van der Waals surface area contributed by atoms with Gasteiger partial charge >= 0.3 is 17.9 Å². The van der Waals surface area contributed by atoms with Gasteiger partial charge in [-0.25, -0.2) is 0 Å². The van der Waals surface area contributed by atoms with Crippen molar-refractivity contribution in [3.8, 4) is 0 Å². The lowest BCUT2D eigenvalue weighted by molar-refractivity contribution is -0.167. The first-order chi connectivity index (χ1) is 32.5. The number of hydrogen-bond acceptors (Lipinski definition) is 6. The van der Waals surface area contributed by atoms with Crippen LogP contribution < -0.4 is 0 Å². The van der Waals surface area contributed by atoms with Gasteiger partial charge < -0.3 is 14.2 Å². The van der Waals surface area contributed by atoms with Crippen LogP contribution in [0.15, 0.2) is 122 Å². The second-order valence-electron chi connectivity index (χ2n) is 17.0. The van der Waals surface area contributed by atoms with Gasteiger partial charge in [0, 0.05) is 19.3 Å². The quantitative estimate of drug-likeness (QED) is 0.0262. The van der Waals surface area contributed by atoms with E-state index in [1.807, 2.05) is 0 Å². The molecule has 0 aliphatic rings. The third-order valence-corrected chi connectivity index (χ3v) is 10.7. The van der Waals surface area contributed by atoms with Crippen molar-refractivity contribution in [2.45, 2.75) is 226 Å². The van der Waals surface area contributed by atoms with E-state index in [2.05, 4.69) is 142 Å². The molecule has 0 aliphatic carbocycles. The molecule has 0 aromatic carbocycles. The van der Waals surface area contributed by atoms with Gasteiger partial charge in [-0.1, -0.05) is 219 Å². The Morgan fingerprint density at radius 1 is 0.318 bits per heavy atom. The minimum atomic E-state index is -0.820.